The van der Waals surface area contributed by atoms with Gasteiger partial charge in [-0.25, -0.2) is 0 Å². The van der Waals surface area contributed by atoms with Crippen molar-refractivity contribution in [2.24, 2.45) is 4.99 Å². The maximum atomic E-state index is 11.9. The summed E-state index contributed by atoms with van der Waals surface area (Å²) < 4.78 is 0. The number of aliphatic imine (C=N–C) groups is 1. The van der Waals surface area contributed by atoms with Gasteiger partial charge in [-0.3, -0.25) is 9.79 Å². The van der Waals surface area contributed by atoms with E-state index in [1.54, 1.807) is 0 Å². The number of hydrogen-bond acceptors (Lipinski definition) is 2. The molecule has 1 aromatic rings. The molecule has 1 saturated heterocycles. The van der Waals surface area contributed by atoms with Crippen LogP contribution in [0, 0.1) is 0 Å². The van der Waals surface area contributed by atoms with E-state index in [1.165, 1.54) is 5.56 Å². The molecule has 1 fully saturated rings. The highest BCUT2D eigenvalue weighted by Crippen LogP contribution is 2.26. The molecule has 0 bridgehead atoms. The van der Waals surface area contributed by atoms with Crippen molar-refractivity contribution < 1.29 is 4.79 Å². The van der Waals surface area contributed by atoms with Crippen LogP contribution >= 0.6 is 0 Å². The van der Waals surface area contributed by atoms with E-state index in [0.29, 0.717) is 18.9 Å². The molecule has 0 spiro atoms. The monoisotopic (exact) mass is 344 g/mol. The highest BCUT2D eigenvalue weighted by atomic mass is 16.1. The molecular weight excluding hydrogens is 312 g/mol. The molecule has 1 amide bonds. The van der Waals surface area contributed by atoms with Gasteiger partial charge < -0.3 is 15.5 Å². The predicted octanol–water partition coefficient (Wildman–Crippen LogP) is 2.75. The van der Waals surface area contributed by atoms with Crippen LogP contribution in [0.2, 0.25) is 0 Å². The van der Waals surface area contributed by atoms with Gasteiger partial charge in [0, 0.05) is 38.0 Å². The molecule has 1 aromatic carbocycles. The van der Waals surface area contributed by atoms with Crippen molar-refractivity contribution in [1.82, 2.24) is 15.5 Å². The smallest absolute Gasteiger partial charge is 0.222 e. The highest BCUT2D eigenvalue weighted by molar-refractivity contribution is 5.81. The van der Waals surface area contributed by atoms with Crippen LogP contribution in [0.5, 0.6) is 0 Å². The topological polar surface area (TPSA) is 56.7 Å². The minimum Gasteiger partial charge on any atom is -0.357 e. The molecule has 0 radical (unpaired) electrons. The molecule has 1 aliphatic rings. The fourth-order valence-corrected chi connectivity index (χ4v) is 3.09. The highest BCUT2D eigenvalue weighted by Gasteiger charge is 2.25. The first-order valence-corrected chi connectivity index (χ1v) is 9.51. The van der Waals surface area contributed by atoms with Crippen molar-refractivity contribution in [3.63, 3.8) is 0 Å². The van der Waals surface area contributed by atoms with Gasteiger partial charge in [0.15, 0.2) is 5.96 Å². The molecular formula is C20H32N4O. The van der Waals surface area contributed by atoms with Gasteiger partial charge in [-0.05, 0) is 32.3 Å². The number of benzene rings is 1. The van der Waals surface area contributed by atoms with Gasteiger partial charge in [0.25, 0.3) is 0 Å². The van der Waals surface area contributed by atoms with E-state index in [-0.39, 0.29) is 11.9 Å². The Bertz CT molecular complexity index is 558. The minimum atomic E-state index is 0.0810. The summed E-state index contributed by atoms with van der Waals surface area (Å²) in [4.78, 5) is 18.9. The zero-order chi connectivity index (χ0) is 18.1. The van der Waals surface area contributed by atoms with Crippen LogP contribution in [0.3, 0.4) is 0 Å². The summed E-state index contributed by atoms with van der Waals surface area (Å²) in [6.07, 6.45) is 2.53. The maximum absolute atomic E-state index is 11.9. The first-order chi connectivity index (χ1) is 12.1. The molecule has 25 heavy (non-hydrogen) atoms. The Morgan fingerprint density at radius 1 is 1.32 bits per heavy atom. The van der Waals surface area contributed by atoms with E-state index >= 15 is 0 Å². The van der Waals surface area contributed by atoms with Crippen LogP contribution in [0.4, 0.5) is 0 Å². The molecule has 5 nitrogen and oxygen atoms in total. The lowest BCUT2D eigenvalue weighted by Crippen LogP contribution is -2.40. The Hall–Kier alpha value is -2.04. The van der Waals surface area contributed by atoms with Crippen LogP contribution in [-0.4, -0.2) is 49.0 Å². The second-order valence-corrected chi connectivity index (χ2v) is 6.70. The fraction of sp³-hybridized carbons (Fsp3) is 0.600. The summed E-state index contributed by atoms with van der Waals surface area (Å²) in [6.45, 7) is 9.53. The van der Waals surface area contributed by atoms with Crippen LogP contribution in [0.1, 0.15) is 51.5 Å². The summed E-state index contributed by atoms with van der Waals surface area (Å²) in [7, 11) is 0. The number of rotatable bonds is 7. The summed E-state index contributed by atoms with van der Waals surface area (Å²) >= 11 is 0. The molecule has 2 rings (SSSR count). The molecule has 0 aromatic heterocycles. The Labute approximate surface area is 151 Å². The quantitative estimate of drug-likeness (QED) is 0.591. The number of hydrogen-bond donors (Lipinski definition) is 2. The largest absolute Gasteiger partial charge is 0.357 e. The number of carbonyl (C=O) groups excluding carboxylic acids is 1. The van der Waals surface area contributed by atoms with Gasteiger partial charge >= 0.3 is 0 Å². The SMILES string of the molecule is CCNC(=NCCC(=O)NC(C)CC)N1CCC(c2ccccc2)C1. The second-order valence-electron chi connectivity index (χ2n) is 6.70. The van der Waals surface area contributed by atoms with Gasteiger partial charge in [0.05, 0.1) is 6.54 Å². The van der Waals surface area contributed by atoms with Crippen molar-refractivity contribution in [2.75, 3.05) is 26.2 Å². The molecule has 5 heteroatoms. The molecule has 2 unspecified atom stereocenters. The lowest BCUT2D eigenvalue weighted by atomic mass is 9.99. The molecule has 0 saturated carbocycles. The van der Waals surface area contributed by atoms with E-state index in [9.17, 15) is 4.79 Å². The third-order valence-corrected chi connectivity index (χ3v) is 4.71. The zero-order valence-corrected chi connectivity index (χ0v) is 15.8. The molecule has 1 heterocycles. The summed E-state index contributed by atoms with van der Waals surface area (Å²) in [6, 6.07) is 10.9. The van der Waals surface area contributed by atoms with Gasteiger partial charge in [-0.2, -0.15) is 0 Å². The molecule has 1 aliphatic heterocycles. The first kappa shape index (κ1) is 19.3. The van der Waals surface area contributed by atoms with Gasteiger partial charge in [-0.1, -0.05) is 37.3 Å². The minimum absolute atomic E-state index is 0.0810. The van der Waals surface area contributed by atoms with E-state index in [0.717, 1.165) is 38.4 Å². The van der Waals surface area contributed by atoms with Crippen LogP contribution in [0.15, 0.2) is 35.3 Å². The summed E-state index contributed by atoms with van der Waals surface area (Å²) in [5.74, 6) is 1.56. The number of likely N-dealkylation sites (tertiary alicyclic amines) is 1. The van der Waals surface area contributed by atoms with E-state index < -0.39 is 0 Å². The summed E-state index contributed by atoms with van der Waals surface area (Å²) in [5.41, 5.74) is 1.40. The Morgan fingerprint density at radius 3 is 2.76 bits per heavy atom. The predicted molar refractivity (Wildman–Crippen MR) is 104 cm³/mol. The zero-order valence-electron chi connectivity index (χ0n) is 15.8. The summed E-state index contributed by atoms with van der Waals surface area (Å²) in [5, 5.41) is 6.36. The average Bonchev–Trinajstić information content (AvgIpc) is 3.11. The van der Waals surface area contributed by atoms with Crippen molar-refractivity contribution in [3.05, 3.63) is 35.9 Å². The van der Waals surface area contributed by atoms with Gasteiger partial charge in [-0.15, -0.1) is 0 Å². The number of guanidine groups is 1. The number of nitrogens with zero attached hydrogens (tertiary/aromatic N) is 2. The Kier molecular flexibility index (Phi) is 7.76. The lowest BCUT2D eigenvalue weighted by Gasteiger charge is -2.22. The van der Waals surface area contributed by atoms with Crippen molar-refractivity contribution in [2.45, 2.75) is 52.0 Å². The van der Waals surface area contributed by atoms with Crippen molar-refractivity contribution >= 4 is 11.9 Å². The Balaban J connectivity index is 1.88. The standard InChI is InChI=1S/C20H32N4O/c1-4-16(3)23-19(25)11-13-22-20(21-5-2)24-14-12-18(15-24)17-9-7-6-8-10-17/h6-10,16,18H,4-5,11-15H2,1-3H3,(H,21,22)(H,23,25). The van der Waals surface area contributed by atoms with Crippen LogP contribution in [-0.2, 0) is 4.79 Å². The fourth-order valence-electron chi connectivity index (χ4n) is 3.09. The second kappa shape index (κ2) is 10.1. The van der Waals surface area contributed by atoms with Crippen molar-refractivity contribution in [3.8, 4) is 0 Å². The number of nitrogens with one attached hydrogen (secondary N) is 2. The average molecular weight is 345 g/mol. The first-order valence-electron chi connectivity index (χ1n) is 9.51. The number of carbonyl (C=O) groups is 1. The van der Waals surface area contributed by atoms with E-state index in [4.69, 9.17) is 0 Å². The van der Waals surface area contributed by atoms with Crippen molar-refractivity contribution in [1.29, 1.82) is 0 Å². The Morgan fingerprint density at radius 2 is 2.08 bits per heavy atom. The van der Waals surface area contributed by atoms with E-state index in [2.05, 4.69) is 64.7 Å². The van der Waals surface area contributed by atoms with Crippen LogP contribution in [0.25, 0.3) is 0 Å². The lowest BCUT2D eigenvalue weighted by molar-refractivity contribution is -0.121. The van der Waals surface area contributed by atoms with Crippen LogP contribution < -0.4 is 10.6 Å². The third kappa shape index (κ3) is 6.07. The maximum Gasteiger partial charge on any atom is 0.222 e. The van der Waals surface area contributed by atoms with Gasteiger partial charge in [0.1, 0.15) is 0 Å². The molecule has 2 N–H and O–H groups in total. The molecule has 138 valence electrons. The molecule has 2 atom stereocenters. The third-order valence-electron chi connectivity index (χ3n) is 4.71. The number of amides is 1. The van der Waals surface area contributed by atoms with Gasteiger partial charge in [0.2, 0.25) is 5.91 Å². The van der Waals surface area contributed by atoms with E-state index in [1.807, 2.05) is 6.92 Å². The molecule has 0 aliphatic carbocycles. The normalized spacial score (nSPS) is 18.9.